The lowest BCUT2D eigenvalue weighted by Gasteiger charge is -2.09. The summed E-state index contributed by atoms with van der Waals surface area (Å²) < 4.78 is 8.11. The summed E-state index contributed by atoms with van der Waals surface area (Å²) in [5.74, 6) is -0.190. The van der Waals surface area contributed by atoms with Crippen molar-refractivity contribution < 1.29 is 43.2 Å². The van der Waals surface area contributed by atoms with Gasteiger partial charge in [-0.3, -0.25) is 4.79 Å². The van der Waals surface area contributed by atoms with Gasteiger partial charge in [-0.05, 0) is 18.1 Å². The summed E-state index contributed by atoms with van der Waals surface area (Å²) in [4.78, 5) is 12.4. The normalized spacial score (nSPS) is 10.9. The Morgan fingerprint density at radius 1 is 0.604 bits per heavy atom. The van der Waals surface area contributed by atoms with Gasteiger partial charge in [0.15, 0.2) is 69.6 Å². The number of rotatable bonds is 14. The van der Waals surface area contributed by atoms with Crippen molar-refractivity contribution in [2.45, 2.75) is 39.6 Å². The quantitative estimate of drug-likeness (QED) is 0.0632. The van der Waals surface area contributed by atoms with Crippen LogP contribution < -0.4 is 34.5 Å². The first-order valence-electron chi connectivity index (χ1n) is 17.4. The fraction of sp³-hybridized carbons (Fsp3) is 0.146. The molecule has 10 nitrogen and oxygen atoms in total. The van der Waals surface area contributed by atoms with Gasteiger partial charge in [0, 0.05) is 75.2 Å². The Kier molecular flexibility index (Phi) is 12.0. The molecule has 0 aliphatic carbocycles. The van der Waals surface area contributed by atoms with Gasteiger partial charge in [0.2, 0.25) is 11.6 Å². The molecule has 6 rings (SSSR count). The van der Waals surface area contributed by atoms with Crippen molar-refractivity contribution in [2.24, 2.45) is 0 Å². The van der Waals surface area contributed by atoms with Crippen molar-refractivity contribution in [1.29, 1.82) is 0 Å². The molecule has 5 N–H and O–H groups in total. The van der Waals surface area contributed by atoms with Crippen LogP contribution in [-0.2, 0) is 37.5 Å². The molecule has 0 atom stereocenters. The zero-order chi connectivity index (χ0) is 37.3. The van der Waals surface area contributed by atoms with Crippen LogP contribution in [0, 0.1) is 0 Å². The number of amides is 1. The lowest BCUT2D eigenvalue weighted by molar-refractivity contribution is -0.695. The van der Waals surface area contributed by atoms with Crippen LogP contribution in [0.4, 0.5) is 0 Å². The molecule has 1 amide bonds. The number of hydrogen-bond acceptors (Lipinski definition) is 5. The highest BCUT2D eigenvalue weighted by Gasteiger charge is 2.18. The number of nitrogens with zero attached hydrogens (tertiary/aromatic N) is 4. The molecule has 4 aromatic heterocycles. The summed E-state index contributed by atoms with van der Waals surface area (Å²) in [7, 11) is -3.01. The van der Waals surface area contributed by atoms with Gasteiger partial charge in [0.05, 0.1) is 0 Å². The number of carbonyl (C=O) groups is 1. The Hall–Kier alpha value is -5.78. The van der Waals surface area contributed by atoms with Crippen LogP contribution in [0.2, 0.25) is 0 Å². The molecule has 0 aliphatic heterocycles. The molecule has 264 valence electrons. The van der Waals surface area contributed by atoms with Crippen LogP contribution in [0.1, 0.15) is 34.9 Å². The first-order valence-corrected chi connectivity index (χ1v) is 17.4. The minimum Gasteiger partial charge on any atom is -0.423 e. The monoisotopic (exact) mass is 707 g/mol. The van der Waals surface area contributed by atoms with E-state index in [4.69, 9.17) is 0 Å². The van der Waals surface area contributed by atoms with E-state index in [1.54, 1.807) is 43.6 Å². The third-order valence-electron chi connectivity index (χ3n) is 9.02. The van der Waals surface area contributed by atoms with E-state index in [9.17, 15) is 24.9 Å². The highest BCUT2D eigenvalue weighted by atomic mass is 16.4. The minimum absolute atomic E-state index is 0.190. The first-order chi connectivity index (χ1) is 25.6. The van der Waals surface area contributed by atoms with Crippen LogP contribution >= 0.6 is 0 Å². The summed E-state index contributed by atoms with van der Waals surface area (Å²) in [6.45, 7) is 8.36. The number of carbonyl (C=O) groups excluding carboxylic acids is 1. The highest BCUT2D eigenvalue weighted by Crippen LogP contribution is 2.18. The van der Waals surface area contributed by atoms with Crippen LogP contribution in [-0.4, -0.2) is 40.2 Å². The fourth-order valence-electron chi connectivity index (χ4n) is 6.06. The topological polar surface area (TPSA) is 126 Å². The Morgan fingerprint density at radius 3 is 1.53 bits per heavy atom. The molecule has 0 radical (unpaired) electrons. The van der Waals surface area contributed by atoms with Crippen molar-refractivity contribution in [1.82, 2.24) is 5.32 Å². The lowest BCUT2D eigenvalue weighted by atomic mass is 9.82. The van der Waals surface area contributed by atoms with Crippen molar-refractivity contribution >= 4 is 31.1 Å². The summed E-state index contributed by atoms with van der Waals surface area (Å²) in [5.41, 5.74) is 8.85. The van der Waals surface area contributed by atoms with Crippen molar-refractivity contribution in [3.63, 3.8) is 0 Å². The van der Waals surface area contributed by atoms with Crippen LogP contribution in [0.15, 0.2) is 153 Å². The molecule has 4 heterocycles. The third-order valence-corrected chi connectivity index (χ3v) is 9.02. The average molecular weight is 707 g/mol. The molecular formula is C41H43B2N5O5+4. The SMILES string of the molecule is C=C(C)C(=O)NCc1cc(-c2cc[n+](Cc3ccc(C[n+]4cccc(B(O)O)c4)cc3)cc2)cc[n+]1Cc1ccc(C[n+]2cccc(B(O)O)c2)cc1. The Bertz CT molecular complexity index is 2200. The smallest absolute Gasteiger partial charge is 0.423 e. The van der Waals surface area contributed by atoms with Gasteiger partial charge in [-0.1, -0.05) is 67.2 Å². The maximum Gasteiger partial charge on any atom is 0.494 e. The van der Waals surface area contributed by atoms with Gasteiger partial charge in [-0.25, -0.2) is 13.7 Å². The van der Waals surface area contributed by atoms with Crippen LogP contribution in [0.5, 0.6) is 0 Å². The molecular weight excluding hydrogens is 664 g/mol. The maximum atomic E-state index is 12.4. The van der Waals surface area contributed by atoms with E-state index < -0.39 is 14.2 Å². The largest absolute Gasteiger partial charge is 0.494 e. The van der Waals surface area contributed by atoms with Gasteiger partial charge in [-0.2, -0.15) is 4.57 Å². The Morgan fingerprint density at radius 2 is 1.06 bits per heavy atom. The van der Waals surface area contributed by atoms with E-state index in [0.717, 1.165) is 39.1 Å². The highest BCUT2D eigenvalue weighted by molar-refractivity contribution is 6.58. The van der Waals surface area contributed by atoms with E-state index >= 15 is 0 Å². The van der Waals surface area contributed by atoms with E-state index in [0.29, 0.717) is 49.2 Å². The van der Waals surface area contributed by atoms with Crippen LogP contribution in [0.3, 0.4) is 0 Å². The summed E-state index contributed by atoms with van der Waals surface area (Å²) >= 11 is 0. The van der Waals surface area contributed by atoms with Crippen molar-refractivity contribution in [2.75, 3.05) is 0 Å². The fourth-order valence-corrected chi connectivity index (χ4v) is 6.06. The van der Waals surface area contributed by atoms with Gasteiger partial charge >= 0.3 is 14.2 Å². The van der Waals surface area contributed by atoms with Gasteiger partial charge in [-0.15, -0.1) is 0 Å². The van der Waals surface area contributed by atoms with Gasteiger partial charge in [0.1, 0.15) is 6.54 Å². The zero-order valence-corrected chi connectivity index (χ0v) is 29.7. The van der Waals surface area contributed by atoms with Gasteiger partial charge in [0.25, 0.3) is 0 Å². The van der Waals surface area contributed by atoms with E-state index in [-0.39, 0.29) is 5.91 Å². The molecule has 53 heavy (non-hydrogen) atoms. The molecule has 0 aliphatic rings. The Labute approximate surface area is 310 Å². The lowest BCUT2D eigenvalue weighted by Crippen LogP contribution is -2.42. The predicted octanol–water partition coefficient (Wildman–Crippen LogP) is 0.249. The molecule has 0 spiro atoms. The summed E-state index contributed by atoms with van der Waals surface area (Å²) in [6.07, 6.45) is 13.4. The first kappa shape index (κ1) is 37.0. The second-order valence-corrected chi connectivity index (χ2v) is 13.3. The second-order valence-electron chi connectivity index (χ2n) is 13.3. The predicted molar refractivity (Wildman–Crippen MR) is 201 cm³/mol. The molecule has 0 fully saturated rings. The summed E-state index contributed by atoms with van der Waals surface area (Å²) in [6, 6.07) is 32.1. The third kappa shape index (κ3) is 10.2. The van der Waals surface area contributed by atoms with E-state index in [1.165, 1.54) is 0 Å². The number of benzene rings is 2. The minimum atomic E-state index is -1.51. The van der Waals surface area contributed by atoms with E-state index in [1.807, 2.05) is 21.5 Å². The maximum absolute atomic E-state index is 12.4. The van der Waals surface area contributed by atoms with Crippen molar-refractivity contribution in [3.8, 4) is 11.1 Å². The molecule has 0 bridgehead atoms. The molecule has 2 aromatic carbocycles. The standard InChI is InChI=1S/C41H42B2N5O5/c1-31(2)41(49)44-24-40-23-37(17-22-48(40)28-35-13-11-34(12-14-35)27-47-19-4-6-39(30-47)43(52)53)36-15-20-45(21-16-36)25-32-7-9-33(10-8-32)26-46-18-3-5-38(29-46)42(50)51/h3-23,29-30,50-53H,1,24-28H2,2H3/q+3/p+1. The average Bonchev–Trinajstić information content (AvgIpc) is 3.16. The zero-order valence-electron chi connectivity index (χ0n) is 29.7. The number of hydrogen-bond donors (Lipinski definition) is 5. The summed E-state index contributed by atoms with van der Waals surface area (Å²) in [5, 5.41) is 40.9. The number of nitrogens with one attached hydrogen (secondary N) is 1. The van der Waals surface area contributed by atoms with Gasteiger partial charge < -0.3 is 25.4 Å². The molecule has 0 saturated heterocycles. The Balaban J connectivity index is 1.13. The van der Waals surface area contributed by atoms with Crippen LogP contribution in [0.25, 0.3) is 11.1 Å². The molecule has 0 saturated carbocycles. The molecule has 0 unspecified atom stereocenters. The molecule has 12 heteroatoms. The second kappa shape index (κ2) is 17.2. The number of aromatic nitrogens is 4. The molecule has 6 aromatic rings. The number of pyridine rings is 4. The van der Waals surface area contributed by atoms with E-state index in [2.05, 4.69) is 112 Å². The van der Waals surface area contributed by atoms with Crippen molar-refractivity contribution in [3.05, 3.63) is 181 Å².